The van der Waals surface area contributed by atoms with Crippen molar-refractivity contribution in [3.8, 4) is 0 Å². The number of benzene rings is 2. The Morgan fingerprint density at radius 3 is 2.80 bits per heavy atom. The van der Waals surface area contributed by atoms with Crippen LogP contribution in [0.3, 0.4) is 0 Å². The monoisotopic (exact) mass is 369 g/mol. The number of para-hydroxylation sites is 1. The van der Waals surface area contributed by atoms with Gasteiger partial charge in [-0.2, -0.15) is 0 Å². The van der Waals surface area contributed by atoms with Gasteiger partial charge in [-0.1, -0.05) is 23.9 Å². The Bertz CT molecular complexity index is 1000. The third-order valence-electron chi connectivity index (χ3n) is 4.32. The zero-order valence-electron chi connectivity index (χ0n) is 14.1. The predicted octanol–water partition coefficient (Wildman–Crippen LogP) is 4.42. The normalized spacial score (nSPS) is 12.9. The van der Waals surface area contributed by atoms with Crippen LogP contribution in [-0.4, -0.2) is 31.5 Å². The number of thioether (sulfide) groups is 1. The second kappa shape index (κ2) is 6.78. The number of imidazole rings is 1. The van der Waals surface area contributed by atoms with Crippen LogP contribution in [-0.2, 0) is 6.54 Å². The number of thiazole rings is 1. The number of hydrogen-bond donors (Lipinski definition) is 1. The molecule has 1 unspecified atom stereocenters. The van der Waals surface area contributed by atoms with E-state index in [2.05, 4.69) is 42.0 Å². The largest absolute Gasteiger partial charge is 0.390 e. The average Bonchev–Trinajstić information content (AvgIpc) is 3.18. The Kier molecular flexibility index (Phi) is 4.50. The minimum absolute atomic E-state index is 0.448. The van der Waals surface area contributed by atoms with E-state index < -0.39 is 6.10 Å². The summed E-state index contributed by atoms with van der Waals surface area (Å²) in [6, 6.07) is 12.4. The standard InChI is InChI=1S/C19H19N3OS2/c1-12-7-16-17(8-13(12)2)22(11-20-16)9-14(23)10-24-19-21-15-5-3-4-6-18(15)25-19/h3-8,11,14,23H,9-10H2,1-2H3. The lowest BCUT2D eigenvalue weighted by molar-refractivity contribution is 0.179. The van der Waals surface area contributed by atoms with Gasteiger partial charge in [0, 0.05) is 5.75 Å². The van der Waals surface area contributed by atoms with Gasteiger partial charge in [0.15, 0.2) is 4.34 Å². The van der Waals surface area contributed by atoms with E-state index in [-0.39, 0.29) is 0 Å². The Labute approximate surface area is 154 Å². The van der Waals surface area contributed by atoms with Gasteiger partial charge >= 0.3 is 0 Å². The molecule has 4 nitrogen and oxygen atoms in total. The minimum Gasteiger partial charge on any atom is -0.390 e. The molecule has 0 fully saturated rings. The van der Waals surface area contributed by atoms with Crippen molar-refractivity contribution in [1.29, 1.82) is 0 Å². The fourth-order valence-electron chi connectivity index (χ4n) is 2.82. The molecule has 1 N–H and O–H groups in total. The highest BCUT2D eigenvalue weighted by atomic mass is 32.2. The predicted molar refractivity (Wildman–Crippen MR) is 106 cm³/mol. The maximum atomic E-state index is 10.4. The van der Waals surface area contributed by atoms with Crippen LogP contribution >= 0.6 is 23.1 Å². The van der Waals surface area contributed by atoms with Gasteiger partial charge in [-0.3, -0.25) is 0 Å². The molecule has 128 valence electrons. The molecule has 4 rings (SSSR count). The van der Waals surface area contributed by atoms with Crippen LogP contribution in [0.5, 0.6) is 0 Å². The lowest BCUT2D eigenvalue weighted by atomic mass is 10.1. The molecule has 0 aliphatic rings. The minimum atomic E-state index is -0.448. The fraction of sp³-hybridized carbons (Fsp3) is 0.263. The molecule has 0 spiro atoms. The van der Waals surface area contributed by atoms with Gasteiger partial charge in [-0.05, 0) is 49.2 Å². The zero-order valence-corrected chi connectivity index (χ0v) is 15.8. The van der Waals surface area contributed by atoms with E-state index in [1.165, 1.54) is 15.8 Å². The maximum Gasteiger partial charge on any atom is 0.151 e. The van der Waals surface area contributed by atoms with E-state index >= 15 is 0 Å². The second-order valence-corrected chi connectivity index (χ2v) is 8.53. The first kappa shape index (κ1) is 16.6. The summed E-state index contributed by atoms with van der Waals surface area (Å²) in [5.41, 5.74) is 5.56. The van der Waals surface area contributed by atoms with E-state index in [0.717, 1.165) is 20.9 Å². The summed E-state index contributed by atoms with van der Waals surface area (Å²) in [5.74, 6) is 0.615. The van der Waals surface area contributed by atoms with Crippen LogP contribution in [0.2, 0.25) is 0 Å². The molecule has 0 saturated heterocycles. The summed E-state index contributed by atoms with van der Waals surface area (Å²) in [5, 5.41) is 10.4. The van der Waals surface area contributed by atoms with Crippen molar-refractivity contribution in [2.24, 2.45) is 0 Å². The molecule has 0 radical (unpaired) electrons. The molecule has 0 aliphatic heterocycles. The Balaban J connectivity index is 1.45. The lowest BCUT2D eigenvalue weighted by Crippen LogP contribution is -2.17. The number of fused-ring (bicyclic) bond motifs is 2. The molecule has 0 aliphatic carbocycles. The van der Waals surface area contributed by atoms with Gasteiger partial charge in [0.05, 0.1) is 40.2 Å². The molecular weight excluding hydrogens is 350 g/mol. The van der Waals surface area contributed by atoms with Crippen molar-refractivity contribution >= 4 is 44.3 Å². The number of aliphatic hydroxyl groups is 1. The van der Waals surface area contributed by atoms with Crippen LogP contribution < -0.4 is 0 Å². The highest BCUT2D eigenvalue weighted by Crippen LogP contribution is 2.30. The third-order valence-corrected chi connectivity index (χ3v) is 6.64. The summed E-state index contributed by atoms with van der Waals surface area (Å²) >= 11 is 3.29. The van der Waals surface area contributed by atoms with E-state index in [4.69, 9.17) is 0 Å². The van der Waals surface area contributed by atoms with Gasteiger partial charge in [-0.15, -0.1) is 11.3 Å². The molecule has 6 heteroatoms. The van der Waals surface area contributed by atoms with Crippen molar-refractivity contribution in [1.82, 2.24) is 14.5 Å². The van der Waals surface area contributed by atoms with Gasteiger partial charge in [0.1, 0.15) is 0 Å². The van der Waals surface area contributed by atoms with Gasteiger partial charge in [0.25, 0.3) is 0 Å². The van der Waals surface area contributed by atoms with Crippen LogP contribution in [0.25, 0.3) is 21.3 Å². The topological polar surface area (TPSA) is 50.9 Å². The maximum absolute atomic E-state index is 10.4. The molecule has 4 aromatic rings. The second-order valence-electron chi connectivity index (χ2n) is 6.23. The van der Waals surface area contributed by atoms with Gasteiger partial charge in [0.2, 0.25) is 0 Å². The van der Waals surface area contributed by atoms with E-state index in [1.54, 1.807) is 23.1 Å². The summed E-state index contributed by atoms with van der Waals surface area (Å²) in [6.07, 6.45) is 1.37. The summed E-state index contributed by atoms with van der Waals surface area (Å²) in [4.78, 5) is 9.06. The van der Waals surface area contributed by atoms with Crippen LogP contribution in [0.1, 0.15) is 11.1 Å². The molecular formula is C19H19N3OS2. The van der Waals surface area contributed by atoms with Crippen LogP contribution in [0, 0.1) is 13.8 Å². The molecule has 2 heterocycles. The lowest BCUT2D eigenvalue weighted by Gasteiger charge is -2.11. The van der Waals surface area contributed by atoms with Crippen molar-refractivity contribution < 1.29 is 5.11 Å². The average molecular weight is 370 g/mol. The molecule has 2 aromatic carbocycles. The molecule has 2 aromatic heterocycles. The van der Waals surface area contributed by atoms with Crippen molar-refractivity contribution in [2.45, 2.75) is 30.8 Å². The van der Waals surface area contributed by atoms with Gasteiger partial charge < -0.3 is 9.67 Å². The smallest absolute Gasteiger partial charge is 0.151 e. The number of aryl methyl sites for hydroxylation is 2. The number of aliphatic hydroxyl groups excluding tert-OH is 1. The van der Waals surface area contributed by atoms with E-state index in [1.807, 2.05) is 29.1 Å². The molecule has 1 atom stereocenters. The molecule has 0 amide bonds. The highest BCUT2D eigenvalue weighted by molar-refractivity contribution is 8.01. The van der Waals surface area contributed by atoms with Crippen molar-refractivity contribution in [3.63, 3.8) is 0 Å². The zero-order chi connectivity index (χ0) is 17.4. The Morgan fingerprint density at radius 1 is 1.16 bits per heavy atom. The molecule has 0 saturated carbocycles. The van der Waals surface area contributed by atoms with Crippen molar-refractivity contribution in [2.75, 3.05) is 5.75 Å². The quantitative estimate of drug-likeness (QED) is 0.529. The number of rotatable bonds is 5. The first-order valence-electron chi connectivity index (χ1n) is 8.18. The van der Waals surface area contributed by atoms with Crippen molar-refractivity contribution in [3.05, 3.63) is 53.9 Å². The summed E-state index contributed by atoms with van der Waals surface area (Å²) < 4.78 is 4.22. The molecule has 0 bridgehead atoms. The van der Waals surface area contributed by atoms with E-state index in [9.17, 15) is 5.11 Å². The fourth-order valence-corrected chi connectivity index (χ4v) is 4.83. The first-order valence-corrected chi connectivity index (χ1v) is 9.99. The van der Waals surface area contributed by atoms with Gasteiger partial charge in [-0.25, -0.2) is 9.97 Å². The number of aromatic nitrogens is 3. The summed E-state index contributed by atoms with van der Waals surface area (Å²) in [6.45, 7) is 4.74. The number of nitrogens with zero attached hydrogens (tertiary/aromatic N) is 3. The van der Waals surface area contributed by atoms with Crippen LogP contribution in [0.15, 0.2) is 47.1 Å². The number of hydrogen-bond acceptors (Lipinski definition) is 5. The third kappa shape index (κ3) is 3.42. The van der Waals surface area contributed by atoms with E-state index in [0.29, 0.717) is 12.3 Å². The summed E-state index contributed by atoms with van der Waals surface area (Å²) in [7, 11) is 0. The SMILES string of the molecule is Cc1cc2ncn(CC(O)CSc3nc4ccccc4s3)c2cc1C. The first-order chi connectivity index (χ1) is 12.1. The Morgan fingerprint density at radius 2 is 1.96 bits per heavy atom. The highest BCUT2D eigenvalue weighted by Gasteiger charge is 2.12. The van der Waals surface area contributed by atoms with Crippen LogP contribution in [0.4, 0.5) is 0 Å². The Hall–Kier alpha value is -1.89. The molecule has 25 heavy (non-hydrogen) atoms.